The SMILES string of the molecule is CCOC(=O)Cn1nc(CC)c2c(Br)cccc21. The summed E-state index contributed by atoms with van der Waals surface area (Å²) in [7, 11) is 0. The van der Waals surface area contributed by atoms with Crippen LogP contribution < -0.4 is 0 Å². The molecule has 0 aliphatic rings. The summed E-state index contributed by atoms with van der Waals surface area (Å²) in [5.74, 6) is -0.260. The number of esters is 1. The first-order valence-corrected chi connectivity index (χ1v) is 6.76. The molecule has 0 fully saturated rings. The van der Waals surface area contributed by atoms with Crippen LogP contribution in [0.15, 0.2) is 22.7 Å². The van der Waals surface area contributed by atoms with Crippen LogP contribution in [0.1, 0.15) is 19.5 Å². The van der Waals surface area contributed by atoms with Gasteiger partial charge in [0.05, 0.1) is 17.8 Å². The first kappa shape index (κ1) is 13.1. The standard InChI is InChI=1S/C13H15BrN2O2/c1-3-10-13-9(14)6-5-7-11(13)16(15-10)8-12(17)18-4-2/h5-7H,3-4,8H2,1-2H3. The van der Waals surface area contributed by atoms with Crippen molar-refractivity contribution in [1.82, 2.24) is 9.78 Å². The Hall–Kier alpha value is -1.36. The van der Waals surface area contributed by atoms with Crippen LogP contribution in [0.2, 0.25) is 0 Å². The lowest BCUT2D eigenvalue weighted by atomic mass is 10.2. The molecule has 2 aromatic rings. The molecule has 0 N–H and O–H groups in total. The highest BCUT2D eigenvalue weighted by Gasteiger charge is 2.14. The van der Waals surface area contributed by atoms with E-state index in [9.17, 15) is 4.79 Å². The second kappa shape index (κ2) is 5.52. The highest BCUT2D eigenvalue weighted by atomic mass is 79.9. The van der Waals surface area contributed by atoms with Crippen molar-refractivity contribution < 1.29 is 9.53 Å². The van der Waals surface area contributed by atoms with Gasteiger partial charge in [0.15, 0.2) is 0 Å². The van der Waals surface area contributed by atoms with E-state index in [2.05, 4.69) is 28.0 Å². The lowest BCUT2D eigenvalue weighted by Crippen LogP contribution is -2.14. The molecule has 0 unspecified atom stereocenters. The van der Waals surface area contributed by atoms with Gasteiger partial charge in [-0.25, -0.2) is 0 Å². The fourth-order valence-corrected chi connectivity index (χ4v) is 2.54. The van der Waals surface area contributed by atoms with Gasteiger partial charge in [-0.3, -0.25) is 9.48 Å². The molecule has 0 saturated heterocycles. The molecule has 0 atom stereocenters. The molecular formula is C13H15BrN2O2. The maximum absolute atomic E-state index is 11.5. The Morgan fingerprint density at radius 1 is 1.44 bits per heavy atom. The maximum atomic E-state index is 11.5. The second-order valence-electron chi connectivity index (χ2n) is 3.90. The number of aryl methyl sites for hydroxylation is 1. The topological polar surface area (TPSA) is 44.1 Å². The molecule has 5 heteroatoms. The van der Waals surface area contributed by atoms with Gasteiger partial charge in [0.25, 0.3) is 0 Å². The van der Waals surface area contributed by atoms with Crippen molar-refractivity contribution in [2.45, 2.75) is 26.8 Å². The van der Waals surface area contributed by atoms with E-state index in [-0.39, 0.29) is 12.5 Å². The monoisotopic (exact) mass is 310 g/mol. The van der Waals surface area contributed by atoms with Gasteiger partial charge in [-0.1, -0.05) is 28.9 Å². The van der Waals surface area contributed by atoms with Crippen LogP contribution in [0.4, 0.5) is 0 Å². The molecule has 1 aromatic carbocycles. The van der Waals surface area contributed by atoms with Crippen LogP contribution in [-0.4, -0.2) is 22.4 Å². The molecule has 0 amide bonds. The van der Waals surface area contributed by atoms with E-state index in [0.29, 0.717) is 6.61 Å². The third-order valence-electron chi connectivity index (χ3n) is 2.72. The Kier molecular flexibility index (Phi) is 4.01. The predicted molar refractivity (Wildman–Crippen MR) is 73.4 cm³/mol. The minimum absolute atomic E-state index is 0.154. The molecule has 0 bridgehead atoms. The number of benzene rings is 1. The van der Waals surface area contributed by atoms with Crippen molar-refractivity contribution in [2.24, 2.45) is 0 Å². The Morgan fingerprint density at radius 3 is 2.89 bits per heavy atom. The minimum atomic E-state index is -0.260. The average Bonchev–Trinajstić information content (AvgIpc) is 2.69. The zero-order valence-corrected chi connectivity index (χ0v) is 12.0. The van der Waals surface area contributed by atoms with Crippen LogP contribution in [0.5, 0.6) is 0 Å². The number of carbonyl (C=O) groups excluding carboxylic acids is 1. The number of nitrogens with zero attached hydrogens (tertiary/aromatic N) is 2. The highest BCUT2D eigenvalue weighted by Crippen LogP contribution is 2.27. The zero-order valence-electron chi connectivity index (χ0n) is 10.4. The van der Waals surface area contributed by atoms with Crippen molar-refractivity contribution in [3.8, 4) is 0 Å². The maximum Gasteiger partial charge on any atom is 0.327 e. The number of halogens is 1. The minimum Gasteiger partial charge on any atom is -0.465 e. The molecule has 0 aliphatic carbocycles. The van der Waals surface area contributed by atoms with Gasteiger partial charge >= 0.3 is 5.97 Å². The summed E-state index contributed by atoms with van der Waals surface area (Å²) in [5.41, 5.74) is 1.94. The zero-order chi connectivity index (χ0) is 13.1. The molecule has 1 heterocycles. The van der Waals surface area contributed by atoms with E-state index < -0.39 is 0 Å². The summed E-state index contributed by atoms with van der Waals surface area (Å²) in [6.07, 6.45) is 0.828. The van der Waals surface area contributed by atoms with Crippen LogP contribution in [0.3, 0.4) is 0 Å². The fourth-order valence-electron chi connectivity index (χ4n) is 1.96. The fraction of sp³-hybridized carbons (Fsp3) is 0.385. The summed E-state index contributed by atoms with van der Waals surface area (Å²) < 4.78 is 7.67. The number of fused-ring (bicyclic) bond motifs is 1. The number of hydrogen-bond acceptors (Lipinski definition) is 3. The van der Waals surface area contributed by atoms with Crippen LogP contribution in [-0.2, 0) is 22.5 Å². The van der Waals surface area contributed by atoms with E-state index in [1.165, 1.54) is 0 Å². The van der Waals surface area contributed by atoms with Crippen molar-refractivity contribution in [3.05, 3.63) is 28.4 Å². The molecular weight excluding hydrogens is 296 g/mol. The third kappa shape index (κ3) is 2.41. The van der Waals surface area contributed by atoms with E-state index in [1.54, 1.807) is 11.6 Å². The first-order chi connectivity index (χ1) is 8.67. The number of aromatic nitrogens is 2. The summed E-state index contributed by atoms with van der Waals surface area (Å²) in [6.45, 7) is 4.40. The molecule has 0 aliphatic heterocycles. The van der Waals surface area contributed by atoms with Crippen molar-refractivity contribution in [2.75, 3.05) is 6.61 Å². The number of carbonyl (C=O) groups is 1. The van der Waals surface area contributed by atoms with Crippen LogP contribution >= 0.6 is 15.9 Å². The molecule has 2 rings (SSSR count). The number of hydrogen-bond donors (Lipinski definition) is 0. The highest BCUT2D eigenvalue weighted by molar-refractivity contribution is 9.10. The summed E-state index contributed by atoms with van der Waals surface area (Å²) in [5, 5.41) is 5.55. The molecule has 0 radical (unpaired) electrons. The Bertz CT molecular complexity index is 578. The summed E-state index contributed by atoms with van der Waals surface area (Å²) in [4.78, 5) is 11.5. The smallest absolute Gasteiger partial charge is 0.327 e. The van der Waals surface area contributed by atoms with Gasteiger partial charge in [-0.05, 0) is 25.5 Å². The van der Waals surface area contributed by atoms with Gasteiger partial charge in [-0.15, -0.1) is 0 Å². The van der Waals surface area contributed by atoms with E-state index in [0.717, 1.165) is 27.5 Å². The second-order valence-corrected chi connectivity index (χ2v) is 4.75. The lowest BCUT2D eigenvalue weighted by Gasteiger charge is -2.03. The summed E-state index contributed by atoms with van der Waals surface area (Å²) >= 11 is 3.53. The lowest BCUT2D eigenvalue weighted by molar-refractivity contribution is -0.143. The molecule has 96 valence electrons. The van der Waals surface area contributed by atoms with Crippen molar-refractivity contribution in [3.63, 3.8) is 0 Å². The van der Waals surface area contributed by atoms with Gasteiger partial charge in [0.1, 0.15) is 6.54 Å². The summed E-state index contributed by atoms with van der Waals surface area (Å²) in [6, 6.07) is 5.89. The quantitative estimate of drug-likeness (QED) is 0.816. The predicted octanol–water partition coefficient (Wildman–Crippen LogP) is 2.92. The largest absolute Gasteiger partial charge is 0.465 e. The van der Waals surface area contributed by atoms with Gasteiger partial charge < -0.3 is 4.74 Å². The first-order valence-electron chi connectivity index (χ1n) is 5.96. The Balaban J connectivity index is 2.45. The average molecular weight is 311 g/mol. The molecule has 0 saturated carbocycles. The number of ether oxygens (including phenoxy) is 1. The molecule has 18 heavy (non-hydrogen) atoms. The normalized spacial score (nSPS) is 10.8. The van der Waals surface area contributed by atoms with Gasteiger partial charge in [0.2, 0.25) is 0 Å². The third-order valence-corrected chi connectivity index (χ3v) is 3.38. The van der Waals surface area contributed by atoms with Gasteiger partial charge in [0, 0.05) is 9.86 Å². The molecule has 1 aromatic heterocycles. The van der Waals surface area contributed by atoms with E-state index >= 15 is 0 Å². The van der Waals surface area contributed by atoms with Gasteiger partial charge in [-0.2, -0.15) is 5.10 Å². The van der Waals surface area contributed by atoms with Crippen molar-refractivity contribution >= 4 is 32.8 Å². The van der Waals surface area contributed by atoms with Crippen molar-refractivity contribution in [1.29, 1.82) is 0 Å². The van der Waals surface area contributed by atoms with E-state index in [1.807, 2.05) is 18.2 Å². The Morgan fingerprint density at radius 2 is 2.22 bits per heavy atom. The molecule has 4 nitrogen and oxygen atoms in total. The Labute approximate surface area is 114 Å². The van der Waals surface area contributed by atoms with E-state index in [4.69, 9.17) is 4.74 Å². The molecule has 0 spiro atoms. The van der Waals surface area contributed by atoms with Crippen LogP contribution in [0.25, 0.3) is 10.9 Å². The number of rotatable bonds is 4. The van der Waals surface area contributed by atoms with Crippen LogP contribution in [0, 0.1) is 0 Å².